The largest absolute Gasteiger partial charge is 0.423 e. The SMILES string of the molecule is C[C@@H](COCCC(=O)N1CCN2c3ncc(C(F)(F)F)cc3N(C)C(=S)C2C1)Nc1cn[nH]c(=O)c1C(F)(F)F. The quantitative estimate of drug-likeness (QED) is 0.285. The number of halogens is 6. The monoisotopic (exact) mass is 593 g/mol. The second kappa shape index (κ2) is 11.2. The topological polar surface area (TPSA) is 107 Å². The number of fused-ring (bicyclic) bond motifs is 3. The highest BCUT2D eigenvalue weighted by atomic mass is 32.1. The van der Waals surface area contributed by atoms with Crippen molar-refractivity contribution in [1.82, 2.24) is 20.1 Å². The van der Waals surface area contributed by atoms with E-state index in [0.717, 1.165) is 18.5 Å². The molecular weight excluding hydrogens is 568 g/mol. The van der Waals surface area contributed by atoms with Crippen molar-refractivity contribution in [2.75, 3.05) is 55.0 Å². The Bertz CT molecular complexity index is 1340. The molecule has 2 aliphatic rings. The van der Waals surface area contributed by atoms with Crippen molar-refractivity contribution in [3.8, 4) is 0 Å². The zero-order valence-electron chi connectivity index (χ0n) is 21.3. The summed E-state index contributed by atoms with van der Waals surface area (Å²) >= 11 is 5.52. The Balaban J connectivity index is 1.30. The molecule has 2 N–H and O–H groups in total. The Morgan fingerprint density at radius 2 is 1.95 bits per heavy atom. The maximum absolute atomic E-state index is 13.2. The average molecular weight is 594 g/mol. The third kappa shape index (κ3) is 6.14. The van der Waals surface area contributed by atoms with Crippen LogP contribution in [0, 0.1) is 0 Å². The van der Waals surface area contributed by atoms with Gasteiger partial charge >= 0.3 is 12.4 Å². The fraction of sp³-hybridized carbons (Fsp3) is 0.522. The molecule has 0 aliphatic carbocycles. The van der Waals surface area contributed by atoms with Crippen LogP contribution in [-0.2, 0) is 21.9 Å². The van der Waals surface area contributed by atoms with E-state index in [0.29, 0.717) is 17.4 Å². The number of H-pyrrole nitrogens is 1. The molecule has 1 saturated heterocycles. The summed E-state index contributed by atoms with van der Waals surface area (Å²) in [5.41, 5.74) is -3.89. The smallest absolute Gasteiger partial charge is 0.379 e. The van der Waals surface area contributed by atoms with Crippen LogP contribution in [0.5, 0.6) is 0 Å². The lowest BCUT2D eigenvalue weighted by atomic mass is 10.1. The number of hydrogen-bond acceptors (Lipinski definition) is 8. The fourth-order valence-corrected chi connectivity index (χ4v) is 4.86. The predicted octanol–water partition coefficient (Wildman–Crippen LogP) is 2.90. The Morgan fingerprint density at radius 3 is 2.62 bits per heavy atom. The molecule has 4 heterocycles. The number of hydrogen-bond donors (Lipinski definition) is 2. The van der Waals surface area contributed by atoms with E-state index in [-0.39, 0.29) is 44.3 Å². The van der Waals surface area contributed by atoms with Gasteiger partial charge in [-0.15, -0.1) is 0 Å². The van der Waals surface area contributed by atoms with Crippen molar-refractivity contribution in [1.29, 1.82) is 0 Å². The van der Waals surface area contributed by atoms with Gasteiger partial charge in [0.2, 0.25) is 5.91 Å². The van der Waals surface area contributed by atoms with Gasteiger partial charge < -0.3 is 24.8 Å². The number of aromatic amines is 1. The van der Waals surface area contributed by atoms with Gasteiger partial charge in [-0.2, -0.15) is 31.4 Å². The van der Waals surface area contributed by atoms with Gasteiger partial charge in [0.1, 0.15) is 10.6 Å². The molecule has 2 aromatic rings. The third-order valence-electron chi connectivity index (χ3n) is 6.53. The lowest BCUT2D eigenvalue weighted by Gasteiger charge is -2.48. The number of carbonyl (C=O) groups is 1. The highest BCUT2D eigenvalue weighted by molar-refractivity contribution is 7.80. The van der Waals surface area contributed by atoms with E-state index in [2.05, 4.69) is 15.4 Å². The first kappa shape index (κ1) is 29.5. The van der Waals surface area contributed by atoms with E-state index < -0.39 is 46.8 Å². The molecule has 4 rings (SSSR count). The number of ether oxygens (including phenoxy) is 1. The minimum absolute atomic E-state index is 0.00776. The summed E-state index contributed by atoms with van der Waals surface area (Å²) in [6.45, 7) is 2.29. The zero-order chi connectivity index (χ0) is 29.4. The molecule has 17 heteroatoms. The first-order valence-electron chi connectivity index (χ1n) is 12.1. The van der Waals surface area contributed by atoms with Crippen LogP contribution in [0.1, 0.15) is 24.5 Å². The molecule has 0 aromatic carbocycles. The molecule has 2 aromatic heterocycles. The van der Waals surface area contributed by atoms with Crippen molar-refractivity contribution >= 4 is 40.3 Å². The molecule has 218 valence electrons. The summed E-state index contributed by atoms with van der Waals surface area (Å²) < 4.78 is 84.6. The number of rotatable bonds is 7. The number of likely N-dealkylation sites (N-methyl/N-ethyl adjacent to an activating group) is 1. The summed E-state index contributed by atoms with van der Waals surface area (Å²) in [6.07, 6.45) is -7.80. The molecule has 1 fully saturated rings. The van der Waals surface area contributed by atoms with Crippen LogP contribution in [-0.4, -0.2) is 83.0 Å². The van der Waals surface area contributed by atoms with E-state index in [1.165, 1.54) is 4.90 Å². The minimum Gasteiger partial charge on any atom is -0.379 e. The average Bonchev–Trinajstić information content (AvgIpc) is 2.87. The maximum atomic E-state index is 13.2. The van der Waals surface area contributed by atoms with Crippen LogP contribution in [0.15, 0.2) is 23.3 Å². The zero-order valence-corrected chi connectivity index (χ0v) is 22.1. The summed E-state index contributed by atoms with van der Waals surface area (Å²) in [4.78, 5) is 33.7. The van der Waals surface area contributed by atoms with Crippen LogP contribution >= 0.6 is 12.2 Å². The van der Waals surface area contributed by atoms with Crippen LogP contribution in [0.3, 0.4) is 0 Å². The van der Waals surface area contributed by atoms with Gasteiger partial charge in [0.25, 0.3) is 5.56 Å². The predicted molar refractivity (Wildman–Crippen MR) is 136 cm³/mol. The minimum atomic E-state index is -4.88. The number of carbonyl (C=O) groups excluding carboxylic acids is 1. The molecule has 1 unspecified atom stereocenters. The first-order chi connectivity index (χ1) is 18.7. The van der Waals surface area contributed by atoms with Crippen LogP contribution in [0.2, 0.25) is 0 Å². The Morgan fingerprint density at radius 1 is 1.23 bits per heavy atom. The number of aromatic nitrogens is 3. The first-order valence-corrected chi connectivity index (χ1v) is 12.5. The van der Waals surface area contributed by atoms with Crippen LogP contribution in [0.4, 0.5) is 43.5 Å². The normalized spacial score (nSPS) is 18.4. The molecule has 0 spiro atoms. The lowest BCUT2D eigenvalue weighted by molar-refractivity contribution is -0.138. The van der Waals surface area contributed by atoms with Crippen LogP contribution < -0.4 is 20.7 Å². The Kier molecular flexibility index (Phi) is 8.26. The maximum Gasteiger partial charge on any atom is 0.423 e. The fourth-order valence-electron chi connectivity index (χ4n) is 4.56. The molecule has 0 radical (unpaired) electrons. The van der Waals surface area contributed by atoms with Gasteiger partial charge in [-0.1, -0.05) is 12.2 Å². The molecule has 1 amide bonds. The summed E-state index contributed by atoms with van der Waals surface area (Å²) in [7, 11) is 1.56. The summed E-state index contributed by atoms with van der Waals surface area (Å²) in [6, 6.07) is -0.0831. The number of thiocarbonyl (C=S) groups is 1. The number of pyridine rings is 1. The van der Waals surface area contributed by atoms with Crippen LogP contribution in [0.25, 0.3) is 0 Å². The number of piperazine rings is 1. The van der Waals surface area contributed by atoms with E-state index in [1.807, 2.05) is 0 Å². The van der Waals surface area contributed by atoms with Crippen molar-refractivity contribution in [2.24, 2.45) is 0 Å². The summed E-state index contributed by atoms with van der Waals surface area (Å²) in [5.74, 6) is 0.116. The van der Waals surface area contributed by atoms with Gasteiger partial charge in [-0.3, -0.25) is 9.59 Å². The second-order valence-corrected chi connectivity index (χ2v) is 9.78. The van der Waals surface area contributed by atoms with E-state index in [4.69, 9.17) is 17.0 Å². The Hall–Kier alpha value is -3.47. The number of alkyl halides is 6. The third-order valence-corrected chi connectivity index (χ3v) is 7.07. The molecule has 40 heavy (non-hydrogen) atoms. The van der Waals surface area contributed by atoms with Crippen molar-refractivity contribution in [2.45, 2.75) is 37.8 Å². The van der Waals surface area contributed by atoms with Crippen molar-refractivity contribution in [3.63, 3.8) is 0 Å². The number of nitrogens with zero attached hydrogens (tertiary/aromatic N) is 5. The molecule has 2 aliphatic heterocycles. The van der Waals surface area contributed by atoms with E-state index >= 15 is 0 Å². The molecular formula is C23H25F6N7O3S. The van der Waals surface area contributed by atoms with E-state index in [1.54, 1.807) is 28.9 Å². The van der Waals surface area contributed by atoms with Gasteiger partial charge in [-0.25, -0.2) is 10.1 Å². The highest BCUT2D eigenvalue weighted by Gasteiger charge is 2.41. The van der Waals surface area contributed by atoms with Gasteiger partial charge in [0.15, 0.2) is 5.82 Å². The van der Waals surface area contributed by atoms with Crippen molar-refractivity contribution in [3.05, 3.63) is 39.9 Å². The highest BCUT2D eigenvalue weighted by Crippen LogP contribution is 2.39. The number of anilines is 3. The molecule has 2 atom stereocenters. The van der Waals surface area contributed by atoms with Gasteiger partial charge in [0.05, 0.1) is 48.8 Å². The summed E-state index contributed by atoms with van der Waals surface area (Å²) in [5, 5.41) is 7.70. The van der Waals surface area contributed by atoms with E-state index in [9.17, 15) is 35.9 Å². The standard InChI is InChI=1S/C23H25F6N7O3S/c1-12(32-14-9-31-33-20(38)18(14)23(27,28)29)11-39-6-3-17(37)35-4-5-36-16(10-35)21(40)34(2)15-7-13(22(24,25)26)8-30-19(15)36/h7-9,12,16H,3-6,10-11H2,1-2H3,(H2,32,33,38)/t12-,16?/m0/s1. The Labute approximate surface area is 229 Å². The molecule has 10 nitrogen and oxygen atoms in total. The molecule has 0 bridgehead atoms. The van der Waals surface area contributed by atoms with Gasteiger partial charge in [0, 0.05) is 38.9 Å². The number of amides is 1. The lowest BCUT2D eigenvalue weighted by Crippen LogP contribution is -2.62. The second-order valence-electron chi connectivity index (χ2n) is 9.37. The van der Waals surface area contributed by atoms with Crippen molar-refractivity contribution < 1.29 is 35.9 Å². The molecule has 0 saturated carbocycles. The number of nitrogens with one attached hydrogen (secondary N) is 2. The van der Waals surface area contributed by atoms with Gasteiger partial charge in [-0.05, 0) is 13.0 Å².